The number of ether oxygens (including phenoxy) is 1. The Morgan fingerprint density at radius 3 is 2.78 bits per heavy atom. The number of hydrogen-bond donors (Lipinski definition) is 3. The van der Waals surface area contributed by atoms with Crippen LogP contribution >= 0.6 is 22.9 Å². The van der Waals surface area contributed by atoms with Crippen LogP contribution in [0.5, 0.6) is 0 Å². The number of hydrogen-bond acceptors (Lipinski definition) is 5. The number of thiophene rings is 1. The van der Waals surface area contributed by atoms with Crippen molar-refractivity contribution in [3.05, 3.63) is 45.0 Å². The first-order valence-corrected chi connectivity index (χ1v) is 9.73. The standard InChI is InChI=1S/C18H17ClFN3O3S/c19-11-7-9(3-4-12(11)20)22-17-14-10(5-6-26-17)13(15(21)24)18(27-14)23-16(25)8-1-2-8/h3-4,7-8,17,22H,1-2,5-6H2,(H2,21,24)(H,23,25). The van der Waals surface area contributed by atoms with Gasteiger partial charge in [0.2, 0.25) is 5.91 Å². The number of nitrogens with one attached hydrogen (secondary N) is 2. The van der Waals surface area contributed by atoms with Crippen LogP contribution in [0.2, 0.25) is 5.02 Å². The van der Waals surface area contributed by atoms with Crippen molar-refractivity contribution in [2.75, 3.05) is 17.2 Å². The van der Waals surface area contributed by atoms with Crippen LogP contribution in [0.15, 0.2) is 18.2 Å². The summed E-state index contributed by atoms with van der Waals surface area (Å²) in [5, 5.41) is 6.44. The van der Waals surface area contributed by atoms with Gasteiger partial charge in [-0.05, 0) is 43.0 Å². The molecule has 27 heavy (non-hydrogen) atoms. The molecule has 9 heteroatoms. The molecular formula is C18H17ClFN3O3S. The van der Waals surface area contributed by atoms with E-state index in [1.807, 2.05) is 0 Å². The molecule has 1 aliphatic heterocycles. The molecule has 0 bridgehead atoms. The number of fused-ring (bicyclic) bond motifs is 1. The molecule has 4 rings (SSSR count). The Balaban J connectivity index is 1.65. The van der Waals surface area contributed by atoms with Gasteiger partial charge in [-0.1, -0.05) is 11.6 Å². The minimum Gasteiger partial charge on any atom is -0.365 e. The molecule has 2 amide bonds. The lowest BCUT2D eigenvalue weighted by atomic mass is 10.0. The summed E-state index contributed by atoms with van der Waals surface area (Å²) in [5.74, 6) is -1.17. The van der Waals surface area contributed by atoms with Crippen molar-refractivity contribution < 1.29 is 18.7 Å². The number of carbonyl (C=O) groups is 2. The molecule has 4 N–H and O–H groups in total. The van der Waals surface area contributed by atoms with Gasteiger partial charge in [0.1, 0.15) is 10.8 Å². The van der Waals surface area contributed by atoms with Crippen molar-refractivity contribution in [2.24, 2.45) is 11.7 Å². The summed E-state index contributed by atoms with van der Waals surface area (Å²) in [5.41, 5.74) is 7.28. The molecule has 1 atom stereocenters. The van der Waals surface area contributed by atoms with Crippen molar-refractivity contribution >= 4 is 45.4 Å². The maximum absolute atomic E-state index is 13.4. The molecule has 0 radical (unpaired) electrons. The van der Waals surface area contributed by atoms with E-state index in [9.17, 15) is 14.0 Å². The third kappa shape index (κ3) is 3.65. The molecule has 0 saturated heterocycles. The number of amides is 2. The lowest BCUT2D eigenvalue weighted by molar-refractivity contribution is -0.117. The maximum Gasteiger partial charge on any atom is 0.251 e. The fourth-order valence-corrected chi connectivity index (χ4v) is 4.49. The average molecular weight is 410 g/mol. The second kappa shape index (κ2) is 7.10. The Labute approximate surface area is 163 Å². The molecule has 1 aromatic heterocycles. The Morgan fingerprint density at radius 2 is 2.11 bits per heavy atom. The highest BCUT2D eigenvalue weighted by Crippen LogP contribution is 2.42. The zero-order valence-electron chi connectivity index (χ0n) is 14.2. The molecule has 1 aliphatic carbocycles. The van der Waals surface area contributed by atoms with Crippen LogP contribution < -0.4 is 16.4 Å². The van der Waals surface area contributed by atoms with E-state index >= 15 is 0 Å². The van der Waals surface area contributed by atoms with Gasteiger partial charge in [0.25, 0.3) is 5.91 Å². The van der Waals surface area contributed by atoms with E-state index < -0.39 is 18.0 Å². The second-order valence-electron chi connectivity index (χ2n) is 6.55. The smallest absolute Gasteiger partial charge is 0.251 e. The topological polar surface area (TPSA) is 93.5 Å². The second-order valence-corrected chi connectivity index (χ2v) is 8.01. The number of halogens is 2. The van der Waals surface area contributed by atoms with Crippen LogP contribution in [0.3, 0.4) is 0 Å². The molecule has 2 heterocycles. The molecule has 1 fully saturated rings. The van der Waals surface area contributed by atoms with Crippen molar-refractivity contribution in [3.63, 3.8) is 0 Å². The fourth-order valence-electron chi connectivity index (χ4n) is 3.05. The minimum atomic E-state index is -0.580. The van der Waals surface area contributed by atoms with Gasteiger partial charge in [0, 0.05) is 11.6 Å². The van der Waals surface area contributed by atoms with E-state index in [4.69, 9.17) is 22.1 Å². The Kier molecular flexibility index (Phi) is 4.79. The first-order chi connectivity index (χ1) is 12.9. The van der Waals surface area contributed by atoms with Crippen LogP contribution in [-0.4, -0.2) is 18.4 Å². The van der Waals surface area contributed by atoms with Gasteiger partial charge >= 0.3 is 0 Å². The molecule has 2 aromatic rings. The number of rotatable bonds is 5. The minimum absolute atomic E-state index is 0.00239. The molecule has 2 aliphatic rings. The molecule has 1 saturated carbocycles. The van der Waals surface area contributed by atoms with Crippen LogP contribution in [0.4, 0.5) is 15.1 Å². The number of benzene rings is 1. The highest BCUT2D eigenvalue weighted by molar-refractivity contribution is 7.17. The van der Waals surface area contributed by atoms with Gasteiger partial charge < -0.3 is 21.1 Å². The lowest BCUT2D eigenvalue weighted by Gasteiger charge is -2.25. The third-order valence-electron chi connectivity index (χ3n) is 4.56. The van der Waals surface area contributed by atoms with Crippen molar-refractivity contribution in [3.8, 4) is 0 Å². The van der Waals surface area contributed by atoms with Gasteiger partial charge in [-0.25, -0.2) is 4.39 Å². The van der Waals surface area contributed by atoms with E-state index in [1.54, 1.807) is 6.07 Å². The predicted molar refractivity (Wildman–Crippen MR) is 102 cm³/mol. The number of nitrogens with two attached hydrogens (primary N) is 1. The summed E-state index contributed by atoms with van der Waals surface area (Å²) in [6.07, 6.45) is 1.69. The third-order valence-corrected chi connectivity index (χ3v) is 6.04. The maximum atomic E-state index is 13.4. The van der Waals surface area contributed by atoms with E-state index in [0.717, 1.165) is 23.3 Å². The normalized spacial score (nSPS) is 18.7. The van der Waals surface area contributed by atoms with E-state index in [0.29, 0.717) is 29.3 Å². The Hall–Kier alpha value is -2.16. The van der Waals surface area contributed by atoms with E-state index in [1.165, 1.54) is 23.5 Å². The van der Waals surface area contributed by atoms with Crippen LogP contribution in [-0.2, 0) is 16.0 Å². The predicted octanol–water partition coefficient (Wildman–Crippen LogP) is 3.67. The Bertz CT molecular complexity index is 929. The first-order valence-electron chi connectivity index (χ1n) is 8.53. The fraction of sp³-hybridized carbons (Fsp3) is 0.333. The van der Waals surface area contributed by atoms with Gasteiger partial charge in [-0.3, -0.25) is 9.59 Å². The summed E-state index contributed by atoms with van der Waals surface area (Å²) < 4.78 is 19.2. The van der Waals surface area contributed by atoms with E-state index in [2.05, 4.69) is 10.6 Å². The summed E-state index contributed by atoms with van der Waals surface area (Å²) in [7, 11) is 0. The summed E-state index contributed by atoms with van der Waals surface area (Å²) in [6, 6.07) is 4.28. The molecule has 1 unspecified atom stereocenters. The molecule has 142 valence electrons. The molecule has 1 aromatic carbocycles. The van der Waals surface area contributed by atoms with E-state index in [-0.39, 0.29) is 16.8 Å². The van der Waals surface area contributed by atoms with Crippen molar-refractivity contribution in [1.82, 2.24) is 0 Å². The Morgan fingerprint density at radius 1 is 1.33 bits per heavy atom. The molecular weight excluding hydrogens is 393 g/mol. The first kappa shape index (κ1) is 18.2. The number of anilines is 2. The zero-order chi connectivity index (χ0) is 19.1. The molecule has 0 spiro atoms. The number of primary amides is 1. The quantitative estimate of drug-likeness (QED) is 0.702. The summed E-state index contributed by atoms with van der Waals surface area (Å²) >= 11 is 7.10. The monoisotopic (exact) mass is 409 g/mol. The van der Waals surface area contributed by atoms with Crippen molar-refractivity contribution in [2.45, 2.75) is 25.5 Å². The zero-order valence-corrected chi connectivity index (χ0v) is 15.8. The highest BCUT2D eigenvalue weighted by atomic mass is 35.5. The van der Waals surface area contributed by atoms with Gasteiger partial charge in [0.15, 0.2) is 6.23 Å². The summed E-state index contributed by atoms with van der Waals surface area (Å²) in [4.78, 5) is 24.9. The van der Waals surface area contributed by atoms with Gasteiger partial charge in [-0.2, -0.15) is 0 Å². The average Bonchev–Trinajstić information content (AvgIpc) is 3.40. The number of carbonyl (C=O) groups excluding carboxylic acids is 2. The van der Waals surface area contributed by atoms with Crippen molar-refractivity contribution in [1.29, 1.82) is 0 Å². The largest absolute Gasteiger partial charge is 0.365 e. The SMILES string of the molecule is NC(=O)c1c(NC(=O)C2CC2)sc2c1CCOC2Nc1ccc(F)c(Cl)c1. The van der Waals surface area contributed by atoms with Crippen LogP contribution in [0.25, 0.3) is 0 Å². The van der Waals surface area contributed by atoms with Gasteiger partial charge in [0.05, 0.1) is 22.1 Å². The van der Waals surface area contributed by atoms with Gasteiger partial charge in [-0.15, -0.1) is 11.3 Å². The highest BCUT2D eigenvalue weighted by Gasteiger charge is 2.34. The lowest BCUT2D eigenvalue weighted by Crippen LogP contribution is -2.23. The van der Waals surface area contributed by atoms with Crippen LogP contribution in [0.1, 0.15) is 39.9 Å². The summed E-state index contributed by atoms with van der Waals surface area (Å²) in [6.45, 7) is 0.382. The molecule has 6 nitrogen and oxygen atoms in total. The van der Waals surface area contributed by atoms with Crippen LogP contribution in [0, 0.1) is 11.7 Å².